The lowest BCUT2D eigenvalue weighted by atomic mass is 9.75. The van der Waals surface area contributed by atoms with Gasteiger partial charge in [-0.3, -0.25) is 10.1 Å². The van der Waals surface area contributed by atoms with Gasteiger partial charge in [0.25, 0.3) is 0 Å². The highest BCUT2D eigenvalue weighted by Gasteiger charge is 2.34. The van der Waals surface area contributed by atoms with Crippen molar-refractivity contribution in [3.63, 3.8) is 0 Å². The van der Waals surface area contributed by atoms with E-state index in [1.54, 1.807) is 6.92 Å². The Bertz CT molecular complexity index is 370. The fourth-order valence-corrected chi connectivity index (χ4v) is 1.64. The number of nitrogens with two attached hydrogens (primary N) is 1. The number of aromatic nitrogens is 2. The quantitative estimate of drug-likeness (QED) is 0.761. The maximum absolute atomic E-state index is 11.5. The summed E-state index contributed by atoms with van der Waals surface area (Å²) in [5.41, 5.74) is 5.61. The first kappa shape index (κ1) is 10.1. The summed E-state index contributed by atoms with van der Waals surface area (Å²) < 4.78 is 4.77. The Labute approximate surface area is 87.2 Å². The Kier molecular flexibility index (Phi) is 2.44. The molecule has 0 spiro atoms. The van der Waals surface area contributed by atoms with Gasteiger partial charge in [0, 0.05) is 12.0 Å². The molecule has 82 valence electrons. The zero-order valence-electron chi connectivity index (χ0n) is 8.62. The van der Waals surface area contributed by atoms with E-state index in [0.717, 1.165) is 19.3 Å². The van der Waals surface area contributed by atoms with E-state index in [9.17, 15) is 4.79 Å². The Morgan fingerprint density at radius 3 is 2.87 bits per heavy atom. The smallest absolute Gasteiger partial charge is 0.325 e. The lowest BCUT2D eigenvalue weighted by Gasteiger charge is -2.37. The highest BCUT2D eigenvalue weighted by atomic mass is 16.5. The van der Waals surface area contributed by atoms with Crippen molar-refractivity contribution < 1.29 is 9.32 Å². The van der Waals surface area contributed by atoms with Gasteiger partial charge in [-0.25, -0.2) is 0 Å². The van der Waals surface area contributed by atoms with Gasteiger partial charge in [0.1, 0.15) is 0 Å². The predicted molar refractivity (Wildman–Crippen MR) is 53.1 cm³/mol. The van der Waals surface area contributed by atoms with Crippen molar-refractivity contribution in [1.82, 2.24) is 10.1 Å². The molecule has 1 aliphatic rings. The molecule has 15 heavy (non-hydrogen) atoms. The van der Waals surface area contributed by atoms with E-state index in [-0.39, 0.29) is 17.5 Å². The van der Waals surface area contributed by atoms with Gasteiger partial charge < -0.3 is 10.3 Å². The molecule has 2 rings (SSSR count). The third-order valence-electron chi connectivity index (χ3n) is 2.64. The number of hydrogen-bond acceptors (Lipinski definition) is 5. The molecule has 1 aliphatic carbocycles. The van der Waals surface area contributed by atoms with E-state index in [1.165, 1.54) is 0 Å². The lowest BCUT2D eigenvalue weighted by molar-refractivity contribution is -0.118. The van der Waals surface area contributed by atoms with Crippen LogP contribution < -0.4 is 11.1 Å². The number of hydrogen-bond donors (Lipinski definition) is 2. The van der Waals surface area contributed by atoms with Crippen LogP contribution in [0.1, 0.15) is 31.5 Å². The van der Waals surface area contributed by atoms with Crippen molar-refractivity contribution in [3.05, 3.63) is 5.82 Å². The van der Waals surface area contributed by atoms with Gasteiger partial charge in [-0.15, -0.1) is 0 Å². The fourth-order valence-electron chi connectivity index (χ4n) is 1.64. The monoisotopic (exact) mass is 210 g/mol. The average Bonchev–Trinajstić information content (AvgIpc) is 2.48. The molecule has 6 nitrogen and oxygen atoms in total. The van der Waals surface area contributed by atoms with Crippen LogP contribution in [-0.2, 0) is 4.79 Å². The summed E-state index contributed by atoms with van der Waals surface area (Å²) in [4.78, 5) is 15.4. The highest BCUT2D eigenvalue weighted by molar-refractivity contribution is 5.89. The minimum atomic E-state index is -0.320. The van der Waals surface area contributed by atoms with Gasteiger partial charge in [-0.1, -0.05) is 5.16 Å². The summed E-state index contributed by atoms with van der Waals surface area (Å²) in [6.45, 7) is 1.69. The predicted octanol–water partition coefficient (Wildman–Crippen LogP) is 0.588. The van der Waals surface area contributed by atoms with Crippen LogP contribution >= 0.6 is 0 Å². The summed E-state index contributed by atoms with van der Waals surface area (Å²) >= 11 is 0. The molecule has 0 aromatic carbocycles. The number of nitrogens with one attached hydrogen (secondary N) is 1. The minimum Gasteiger partial charge on any atom is -0.325 e. The molecule has 1 aromatic rings. The van der Waals surface area contributed by atoms with Crippen LogP contribution in [0.2, 0.25) is 0 Å². The van der Waals surface area contributed by atoms with E-state index >= 15 is 0 Å². The Balaban J connectivity index is 1.87. The molecular formula is C9H14N4O2. The third-order valence-corrected chi connectivity index (χ3v) is 2.64. The van der Waals surface area contributed by atoms with E-state index in [0.29, 0.717) is 12.2 Å². The number of nitrogens with zero attached hydrogens (tertiary/aromatic N) is 2. The molecule has 3 N–H and O–H groups in total. The number of carbonyl (C=O) groups is 1. The first-order valence-corrected chi connectivity index (χ1v) is 4.96. The van der Waals surface area contributed by atoms with Crippen molar-refractivity contribution in [2.45, 2.75) is 38.1 Å². The van der Waals surface area contributed by atoms with Crippen molar-refractivity contribution in [3.8, 4) is 0 Å². The molecule has 0 bridgehead atoms. The second kappa shape index (κ2) is 3.62. The third kappa shape index (κ3) is 2.33. The molecule has 1 fully saturated rings. The molecule has 0 atom stereocenters. The van der Waals surface area contributed by atoms with Crippen molar-refractivity contribution in [2.75, 3.05) is 5.32 Å². The van der Waals surface area contributed by atoms with Crippen molar-refractivity contribution in [2.24, 2.45) is 5.73 Å². The lowest BCUT2D eigenvalue weighted by Crippen LogP contribution is -2.48. The molecule has 0 aliphatic heterocycles. The van der Waals surface area contributed by atoms with Crippen LogP contribution in [0.15, 0.2) is 4.52 Å². The summed E-state index contributed by atoms with van der Waals surface area (Å²) in [6, 6.07) is 0.139. The average molecular weight is 210 g/mol. The largest absolute Gasteiger partial charge is 0.328 e. The van der Waals surface area contributed by atoms with Gasteiger partial charge in [0.2, 0.25) is 5.91 Å². The molecule has 1 heterocycles. The summed E-state index contributed by atoms with van der Waals surface area (Å²) in [5.74, 6) is 0.331. The summed E-state index contributed by atoms with van der Waals surface area (Å²) in [7, 11) is 0. The Morgan fingerprint density at radius 2 is 2.40 bits per heavy atom. The van der Waals surface area contributed by atoms with Crippen LogP contribution in [0, 0.1) is 6.92 Å². The maximum atomic E-state index is 11.5. The van der Waals surface area contributed by atoms with Crippen LogP contribution in [-0.4, -0.2) is 21.6 Å². The molecule has 0 saturated heterocycles. The topological polar surface area (TPSA) is 94.0 Å². The van der Waals surface area contributed by atoms with E-state index < -0.39 is 0 Å². The second-order valence-electron chi connectivity index (χ2n) is 4.09. The second-order valence-corrected chi connectivity index (χ2v) is 4.09. The number of rotatable bonds is 3. The van der Waals surface area contributed by atoms with E-state index in [2.05, 4.69) is 15.5 Å². The maximum Gasteiger partial charge on any atom is 0.328 e. The van der Waals surface area contributed by atoms with Crippen LogP contribution in [0.3, 0.4) is 0 Å². The first-order valence-electron chi connectivity index (χ1n) is 4.96. The fraction of sp³-hybridized carbons (Fsp3) is 0.667. The van der Waals surface area contributed by atoms with Gasteiger partial charge in [-0.2, -0.15) is 4.98 Å². The minimum absolute atomic E-state index is 0.139. The molecule has 0 unspecified atom stereocenters. The zero-order chi connectivity index (χ0) is 10.9. The van der Waals surface area contributed by atoms with E-state index in [4.69, 9.17) is 10.3 Å². The van der Waals surface area contributed by atoms with Crippen LogP contribution in [0.25, 0.3) is 0 Å². The number of carbonyl (C=O) groups excluding carboxylic acids is 1. The van der Waals surface area contributed by atoms with Gasteiger partial charge >= 0.3 is 6.01 Å². The normalized spacial score (nSPS) is 18.3. The number of aryl methyl sites for hydroxylation is 1. The van der Waals surface area contributed by atoms with Gasteiger partial charge in [0.15, 0.2) is 5.82 Å². The van der Waals surface area contributed by atoms with E-state index in [1.807, 2.05) is 0 Å². The Morgan fingerprint density at radius 1 is 1.67 bits per heavy atom. The van der Waals surface area contributed by atoms with Gasteiger partial charge in [0.05, 0.1) is 0 Å². The van der Waals surface area contributed by atoms with Crippen LogP contribution in [0.4, 0.5) is 6.01 Å². The highest BCUT2D eigenvalue weighted by Crippen LogP contribution is 2.32. The molecule has 1 aromatic heterocycles. The molecule has 0 radical (unpaired) electrons. The Hall–Kier alpha value is -1.43. The number of anilines is 1. The standard InChI is InChI=1S/C9H14N4O2/c1-6-11-8(15-13-6)12-7(14)5-9(10)3-2-4-9/h2-5,10H2,1H3,(H,11,12,13,14). The SMILES string of the molecule is Cc1noc(NC(=O)CC2(N)CCC2)n1. The molecule has 1 saturated carbocycles. The summed E-state index contributed by atoms with van der Waals surface area (Å²) in [6.07, 6.45) is 3.23. The van der Waals surface area contributed by atoms with Crippen molar-refractivity contribution >= 4 is 11.9 Å². The van der Waals surface area contributed by atoms with Crippen LogP contribution in [0.5, 0.6) is 0 Å². The van der Waals surface area contributed by atoms with Crippen molar-refractivity contribution in [1.29, 1.82) is 0 Å². The molecular weight excluding hydrogens is 196 g/mol. The van der Waals surface area contributed by atoms with Gasteiger partial charge in [-0.05, 0) is 26.2 Å². The number of amides is 1. The zero-order valence-corrected chi connectivity index (χ0v) is 8.62. The first-order chi connectivity index (χ1) is 7.07. The molecule has 6 heteroatoms. The molecule has 1 amide bonds. The summed E-state index contributed by atoms with van der Waals surface area (Å²) in [5, 5.41) is 6.10.